The molecule has 0 amide bonds. The Kier molecular flexibility index (Phi) is 8.37. The van der Waals surface area contributed by atoms with Crippen molar-refractivity contribution in [3.63, 3.8) is 0 Å². The van der Waals surface area contributed by atoms with Crippen LogP contribution in [0.1, 0.15) is 0 Å². The van der Waals surface area contributed by atoms with Gasteiger partial charge in [0.2, 0.25) is 0 Å². The molecular formula is C10H12O9. The van der Waals surface area contributed by atoms with E-state index in [1.165, 1.54) is 0 Å². The first-order valence-corrected chi connectivity index (χ1v) is 4.94. The summed E-state index contributed by atoms with van der Waals surface area (Å²) in [7, 11) is 0. The first-order chi connectivity index (χ1) is 8.91. The summed E-state index contributed by atoms with van der Waals surface area (Å²) in [6.45, 7) is 1.53. The van der Waals surface area contributed by atoms with Crippen LogP contribution in [0.2, 0.25) is 0 Å². The van der Waals surface area contributed by atoms with Gasteiger partial charge in [-0.3, -0.25) is 0 Å². The number of carboxylic acid groups (broad SMARTS) is 2. The highest BCUT2D eigenvalue weighted by molar-refractivity contribution is 5.89. The van der Waals surface area contributed by atoms with Gasteiger partial charge in [0.05, 0.1) is 13.2 Å². The van der Waals surface area contributed by atoms with E-state index in [1.807, 2.05) is 0 Å². The molecule has 0 spiro atoms. The molecule has 0 aromatic rings. The minimum Gasteiger partial charge on any atom is -0.478 e. The number of rotatable bonds is 2. The first kappa shape index (κ1) is 16.6. The quantitative estimate of drug-likeness (QED) is 0.362. The number of epoxide rings is 1. The smallest absolute Gasteiger partial charge is 0.344 e. The van der Waals surface area contributed by atoms with Gasteiger partial charge in [-0.25, -0.2) is 19.2 Å². The second-order valence-electron chi connectivity index (χ2n) is 2.94. The summed E-state index contributed by atoms with van der Waals surface area (Å²) in [5, 5.41) is 15.6. The van der Waals surface area contributed by atoms with Crippen LogP contribution in [-0.4, -0.2) is 60.5 Å². The van der Waals surface area contributed by atoms with Crippen molar-refractivity contribution < 1.29 is 43.6 Å². The zero-order valence-corrected chi connectivity index (χ0v) is 9.74. The second kappa shape index (κ2) is 9.59. The number of hydrogen-bond acceptors (Lipinski definition) is 7. The van der Waals surface area contributed by atoms with Gasteiger partial charge in [0.1, 0.15) is 0 Å². The highest BCUT2D eigenvalue weighted by Gasteiger charge is 2.16. The Bertz CT molecular complexity index is 322. The maximum Gasteiger partial charge on any atom is 0.344 e. The number of carbonyl (C=O) groups excluding carboxylic acids is 2. The van der Waals surface area contributed by atoms with Crippen LogP contribution in [0.3, 0.4) is 0 Å². The number of esters is 2. The molecule has 106 valence electrons. The van der Waals surface area contributed by atoms with E-state index in [2.05, 4.69) is 14.2 Å². The van der Waals surface area contributed by atoms with E-state index in [1.54, 1.807) is 0 Å². The molecule has 2 aliphatic rings. The summed E-state index contributed by atoms with van der Waals surface area (Å²) < 4.78 is 13.1. The molecule has 0 saturated carbocycles. The van der Waals surface area contributed by atoms with Crippen molar-refractivity contribution in [1.82, 2.24) is 0 Å². The summed E-state index contributed by atoms with van der Waals surface area (Å²) in [6, 6.07) is 0. The minimum atomic E-state index is -1.26. The Morgan fingerprint density at radius 1 is 0.895 bits per heavy atom. The van der Waals surface area contributed by atoms with E-state index >= 15 is 0 Å². The fourth-order valence-corrected chi connectivity index (χ4v) is 0.505. The normalized spacial score (nSPS) is 16.0. The Balaban J connectivity index is 0.000000279. The zero-order valence-electron chi connectivity index (χ0n) is 9.74. The van der Waals surface area contributed by atoms with E-state index in [0.29, 0.717) is 12.2 Å². The van der Waals surface area contributed by atoms with Crippen molar-refractivity contribution in [3.8, 4) is 0 Å². The van der Waals surface area contributed by atoms with Crippen molar-refractivity contribution in [3.05, 3.63) is 12.2 Å². The number of carbonyl (C=O) groups is 4. The second-order valence-corrected chi connectivity index (χ2v) is 2.94. The largest absolute Gasteiger partial charge is 0.478 e. The van der Waals surface area contributed by atoms with E-state index in [-0.39, 0.29) is 13.2 Å². The molecule has 0 aliphatic carbocycles. The average molecular weight is 276 g/mol. The third kappa shape index (κ3) is 15.6. The Labute approximate surface area is 107 Å². The number of cyclic esters (lactones) is 2. The monoisotopic (exact) mass is 276 g/mol. The predicted molar refractivity (Wildman–Crippen MR) is 57.1 cm³/mol. The Hall–Kier alpha value is -2.42. The van der Waals surface area contributed by atoms with E-state index in [9.17, 15) is 19.2 Å². The Morgan fingerprint density at radius 3 is 1.37 bits per heavy atom. The van der Waals surface area contributed by atoms with E-state index < -0.39 is 23.9 Å². The number of carboxylic acids is 2. The lowest BCUT2D eigenvalue weighted by Gasteiger charge is -2.09. The molecule has 9 heteroatoms. The van der Waals surface area contributed by atoms with Crippen LogP contribution >= 0.6 is 0 Å². The number of hydrogen-bond donors (Lipinski definition) is 2. The molecule has 9 nitrogen and oxygen atoms in total. The third-order valence-electron chi connectivity index (χ3n) is 1.27. The lowest BCUT2D eigenvalue weighted by molar-refractivity contribution is -0.174. The van der Waals surface area contributed by atoms with Crippen LogP contribution in [-0.2, 0) is 33.4 Å². The van der Waals surface area contributed by atoms with E-state index in [0.717, 1.165) is 13.2 Å². The fraction of sp³-hybridized carbons (Fsp3) is 0.400. The Morgan fingerprint density at radius 2 is 1.21 bits per heavy atom. The van der Waals surface area contributed by atoms with Crippen LogP contribution in [0.25, 0.3) is 0 Å². The molecule has 0 atom stereocenters. The van der Waals surface area contributed by atoms with Crippen molar-refractivity contribution in [2.45, 2.75) is 0 Å². The number of aliphatic carboxylic acids is 2. The minimum absolute atomic E-state index is 0.237. The SMILES string of the molecule is C1CO1.O=C(O)/C=C/C(=O)O.O=C1COC(=O)CO1. The highest BCUT2D eigenvalue weighted by atomic mass is 16.6. The van der Waals surface area contributed by atoms with Crippen molar-refractivity contribution in [1.29, 1.82) is 0 Å². The molecule has 2 saturated heterocycles. The van der Waals surface area contributed by atoms with Gasteiger partial charge >= 0.3 is 23.9 Å². The molecule has 19 heavy (non-hydrogen) atoms. The van der Waals surface area contributed by atoms with Crippen LogP contribution < -0.4 is 0 Å². The summed E-state index contributed by atoms with van der Waals surface area (Å²) in [5.74, 6) is -3.48. The third-order valence-corrected chi connectivity index (χ3v) is 1.27. The maximum absolute atomic E-state index is 10.1. The molecule has 0 bridgehead atoms. The first-order valence-electron chi connectivity index (χ1n) is 4.94. The molecule has 2 N–H and O–H groups in total. The standard InChI is InChI=1S/2C4H4O4.C2H4O/c5-3-1-7-4(6)2-8-3;5-3(6)1-2-4(7)8;1-2-3-1/h1-2H2;1-2H,(H,5,6)(H,7,8);1-2H2/b;2-1+;. The molecule has 2 rings (SSSR count). The fourth-order valence-electron chi connectivity index (χ4n) is 0.505. The zero-order chi connectivity index (χ0) is 14.7. The van der Waals surface area contributed by atoms with E-state index in [4.69, 9.17) is 10.2 Å². The molecule has 0 radical (unpaired) electrons. The van der Waals surface area contributed by atoms with Gasteiger partial charge in [0, 0.05) is 12.2 Å². The number of ether oxygens (including phenoxy) is 3. The van der Waals surface area contributed by atoms with Gasteiger partial charge in [0.15, 0.2) is 13.2 Å². The molecular weight excluding hydrogens is 264 g/mol. The van der Waals surface area contributed by atoms with Gasteiger partial charge in [-0.15, -0.1) is 0 Å². The van der Waals surface area contributed by atoms with Crippen molar-refractivity contribution in [2.24, 2.45) is 0 Å². The lowest BCUT2D eigenvalue weighted by Crippen LogP contribution is -2.27. The van der Waals surface area contributed by atoms with Crippen LogP contribution in [0.4, 0.5) is 0 Å². The van der Waals surface area contributed by atoms with Gasteiger partial charge in [-0.1, -0.05) is 0 Å². The summed E-state index contributed by atoms with van der Waals surface area (Å²) in [5.41, 5.74) is 0. The molecule has 0 aromatic carbocycles. The predicted octanol–water partition coefficient (Wildman–Crippen LogP) is -1.19. The molecule has 2 aliphatic heterocycles. The van der Waals surface area contributed by atoms with Crippen molar-refractivity contribution in [2.75, 3.05) is 26.4 Å². The van der Waals surface area contributed by atoms with Gasteiger partial charge in [-0.05, 0) is 0 Å². The van der Waals surface area contributed by atoms with Gasteiger partial charge in [-0.2, -0.15) is 0 Å². The summed E-state index contributed by atoms with van der Waals surface area (Å²) in [4.78, 5) is 39.3. The molecule has 0 aromatic heterocycles. The van der Waals surface area contributed by atoms with Gasteiger partial charge < -0.3 is 24.4 Å². The average Bonchev–Trinajstić information content (AvgIpc) is 3.19. The van der Waals surface area contributed by atoms with Crippen LogP contribution in [0.15, 0.2) is 12.2 Å². The van der Waals surface area contributed by atoms with Crippen LogP contribution in [0, 0.1) is 0 Å². The topological polar surface area (TPSA) is 140 Å². The summed E-state index contributed by atoms with van der Waals surface area (Å²) >= 11 is 0. The van der Waals surface area contributed by atoms with Crippen LogP contribution in [0.5, 0.6) is 0 Å². The molecule has 2 fully saturated rings. The lowest BCUT2D eigenvalue weighted by atomic mass is 10.5. The van der Waals surface area contributed by atoms with Gasteiger partial charge in [0.25, 0.3) is 0 Å². The maximum atomic E-state index is 10.1. The summed E-state index contributed by atoms with van der Waals surface area (Å²) in [6.07, 6.45) is 1.12. The molecule has 0 unspecified atom stereocenters. The van der Waals surface area contributed by atoms with Crippen molar-refractivity contribution >= 4 is 23.9 Å². The molecule has 2 heterocycles. The highest BCUT2D eigenvalue weighted by Crippen LogP contribution is 1.90.